The zero-order chi connectivity index (χ0) is 25.6. The van der Waals surface area contributed by atoms with Crippen LogP contribution in [0.25, 0.3) is 0 Å². The number of benzene rings is 2. The van der Waals surface area contributed by atoms with Crippen LogP contribution in [-0.4, -0.2) is 63.2 Å². The number of rotatable bonds is 10. The van der Waals surface area contributed by atoms with Crippen LogP contribution < -0.4 is 19.1 Å². The number of nitrogens with zero attached hydrogens (tertiary/aromatic N) is 2. The molecule has 0 unspecified atom stereocenters. The van der Waals surface area contributed by atoms with Gasteiger partial charge in [-0.15, -0.1) is 0 Å². The number of carbonyl (C=O) groups is 2. The third-order valence-corrected chi connectivity index (χ3v) is 7.32. The Balaban J connectivity index is 1.94. The molecule has 1 aliphatic heterocycles. The van der Waals surface area contributed by atoms with E-state index >= 15 is 0 Å². The lowest BCUT2D eigenvalue weighted by atomic mass is 10.1. The maximum absolute atomic E-state index is 13.5. The second-order valence-corrected chi connectivity index (χ2v) is 10.1. The van der Waals surface area contributed by atoms with Crippen molar-refractivity contribution in [3.63, 3.8) is 0 Å². The van der Waals surface area contributed by atoms with Crippen LogP contribution in [0.4, 0.5) is 10.1 Å². The number of nitrogens with one attached hydrogen (secondary N) is 1. The summed E-state index contributed by atoms with van der Waals surface area (Å²) in [6, 6.07) is 9.33. The molecule has 35 heavy (non-hydrogen) atoms. The number of ether oxygens (including phenoxy) is 2. The Morgan fingerprint density at radius 2 is 1.71 bits per heavy atom. The van der Waals surface area contributed by atoms with Gasteiger partial charge < -0.3 is 19.7 Å². The van der Waals surface area contributed by atoms with Crippen molar-refractivity contribution in [3.05, 3.63) is 53.8 Å². The predicted molar refractivity (Wildman–Crippen MR) is 129 cm³/mol. The van der Waals surface area contributed by atoms with Gasteiger partial charge in [-0.25, -0.2) is 12.8 Å². The number of amides is 2. The standard InChI is InChI=1S/C24H30FN3O6S/c1-4-26-24(30)17(3)27(15-18-6-8-19(25)9-7-18)23(29)16-28(35(31,32)5-2)20-10-11-21-22(14-20)34-13-12-33-21/h6-11,14,17H,4-5,12-13,15-16H2,1-3H3,(H,26,30)/t17-/m1/s1. The van der Waals surface area contributed by atoms with E-state index in [0.29, 0.717) is 36.8 Å². The van der Waals surface area contributed by atoms with E-state index in [1.165, 1.54) is 42.2 Å². The molecule has 0 saturated heterocycles. The van der Waals surface area contributed by atoms with E-state index in [1.54, 1.807) is 26.0 Å². The van der Waals surface area contributed by atoms with Gasteiger partial charge in [0.25, 0.3) is 0 Å². The first-order valence-electron chi connectivity index (χ1n) is 11.4. The third-order valence-electron chi connectivity index (χ3n) is 5.58. The summed E-state index contributed by atoms with van der Waals surface area (Å²) in [6.07, 6.45) is 0. The molecule has 0 aromatic heterocycles. The van der Waals surface area contributed by atoms with Crippen LogP contribution >= 0.6 is 0 Å². The van der Waals surface area contributed by atoms with Crippen molar-refractivity contribution in [2.75, 3.05) is 36.4 Å². The number of likely N-dealkylation sites (N-methyl/N-ethyl adjacent to an activating group) is 1. The van der Waals surface area contributed by atoms with Gasteiger partial charge in [0.15, 0.2) is 11.5 Å². The Bertz CT molecular complexity index is 1160. The Morgan fingerprint density at radius 1 is 1.06 bits per heavy atom. The molecular formula is C24H30FN3O6S. The Labute approximate surface area is 204 Å². The molecule has 11 heteroatoms. The highest BCUT2D eigenvalue weighted by Crippen LogP contribution is 2.35. The number of hydrogen-bond donors (Lipinski definition) is 1. The zero-order valence-corrected chi connectivity index (χ0v) is 20.8. The van der Waals surface area contributed by atoms with E-state index in [-0.39, 0.29) is 23.9 Å². The number of sulfonamides is 1. The average molecular weight is 508 g/mol. The molecule has 0 aliphatic carbocycles. The fourth-order valence-corrected chi connectivity index (χ4v) is 4.65. The SMILES string of the molecule is CCNC(=O)[C@@H](C)N(Cc1ccc(F)cc1)C(=O)CN(c1ccc2c(c1)OCCO2)S(=O)(=O)CC. The van der Waals surface area contributed by atoms with Gasteiger partial charge in [0.1, 0.15) is 31.6 Å². The van der Waals surface area contributed by atoms with Crippen molar-refractivity contribution in [3.8, 4) is 11.5 Å². The van der Waals surface area contributed by atoms with Crippen molar-refractivity contribution < 1.29 is 31.9 Å². The predicted octanol–water partition coefficient (Wildman–Crippen LogP) is 2.31. The summed E-state index contributed by atoms with van der Waals surface area (Å²) in [5.41, 5.74) is 0.844. The lowest BCUT2D eigenvalue weighted by Gasteiger charge is -2.32. The molecule has 0 spiro atoms. The van der Waals surface area contributed by atoms with E-state index in [9.17, 15) is 22.4 Å². The largest absolute Gasteiger partial charge is 0.486 e. The smallest absolute Gasteiger partial charge is 0.244 e. The van der Waals surface area contributed by atoms with Gasteiger partial charge in [0, 0.05) is 19.2 Å². The van der Waals surface area contributed by atoms with E-state index in [2.05, 4.69) is 5.32 Å². The summed E-state index contributed by atoms with van der Waals surface area (Å²) in [6.45, 7) is 5.36. The van der Waals surface area contributed by atoms with Crippen molar-refractivity contribution >= 4 is 27.5 Å². The van der Waals surface area contributed by atoms with Crippen molar-refractivity contribution in [2.45, 2.75) is 33.4 Å². The first-order chi connectivity index (χ1) is 16.7. The van der Waals surface area contributed by atoms with Crippen LogP contribution in [0.5, 0.6) is 11.5 Å². The van der Waals surface area contributed by atoms with Gasteiger partial charge in [-0.1, -0.05) is 12.1 Å². The van der Waals surface area contributed by atoms with Gasteiger partial charge >= 0.3 is 0 Å². The van der Waals surface area contributed by atoms with Gasteiger partial charge in [0.05, 0.1) is 11.4 Å². The van der Waals surface area contributed by atoms with Gasteiger partial charge in [-0.05, 0) is 50.6 Å². The molecule has 1 N–H and O–H groups in total. The normalized spacial score (nSPS) is 13.6. The molecule has 0 saturated carbocycles. The molecule has 1 atom stereocenters. The minimum atomic E-state index is -3.86. The molecular weight excluding hydrogens is 477 g/mol. The summed E-state index contributed by atoms with van der Waals surface area (Å²) in [7, 11) is -3.86. The first-order valence-corrected chi connectivity index (χ1v) is 13.0. The molecule has 3 rings (SSSR count). The van der Waals surface area contributed by atoms with Gasteiger partial charge in [0.2, 0.25) is 21.8 Å². The highest BCUT2D eigenvalue weighted by Gasteiger charge is 2.31. The average Bonchev–Trinajstić information content (AvgIpc) is 2.86. The summed E-state index contributed by atoms with van der Waals surface area (Å²) >= 11 is 0. The molecule has 0 fully saturated rings. The number of halogens is 1. The van der Waals surface area contributed by atoms with Crippen LogP contribution in [0.15, 0.2) is 42.5 Å². The van der Waals surface area contributed by atoms with Crippen LogP contribution in [0.2, 0.25) is 0 Å². The summed E-state index contributed by atoms with van der Waals surface area (Å²) in [5.74, 6) is -0.757. The Kier molecular flexibility index (Phi) is 8.55. The number of fused-ring (bicyclic) bond motifs is 1. The molecule has 1 aliphatic rings. The summed E-state index contributed by atoms with van der Waals surface area (Å²) < 4.78 is 51.5. The fraction of sp³-hybridized carbons (Fsp3) is 0.417. The fourth-order valence-electron chi connectivity index (χ4n) is 3.60. The van der Waals surface area contributed by atoms with E-state index < -0.39 is 34.3 Å². The maximum atomic E-state index is 13.5. The van der Waals surface area contributed by atoms with E-state index in [1.807, 2.05) is 0 Å². The number of hydrogen-bond acceptors (Lipinski definition) is 6. The molecule has 9 nitrogen and oxygen atoms in total. The molecule has 0 radical (unpaired) electrons. The lowest BCUT2D eigenvalue weighted by Crippen LogP contribution is -2.51. The van der Waals surface area contributed by atoms with Crippen LogP contribution in [-0.2, 0) is 26.2 Å². The number of anilines is 1. The minimum absolute atomic E-state index is 0.00142. The number of carbonyl (C=O) groups excluding carboxylic acids is 2. The molecule has 2 aromatic rings. The molecule has 2 aromatic carbocycles. The second kappa shape index (κ2) is 11.4. The lowest BCUT2D eigenvalue weighted by molar-refractivity contribution is -0.139. The second-order valence-electron chi connectivity index (χ2n) is 7.95. The Morgan fingerprint density at radius 3 is 2.34 bits per heavy atom. The molecule has 1 heterocycles. The molecule has 0 bridgehead atoms. The molecule has 190 valence electrons. The van der Waals surface area contributed by atoms with Crippen LogP contribution in [0.3, 0.4) is 0 Å². The van der Waals surface area contributed by atoms with Crippen molar-refractivity contribution in [1.82, 2.24) is 10.2 Å². The van der Waals surface area contributed by atoms with E-state index in [0.717, 1.165) is 4.31 Å². The first kappa shape index (κ1) is 26.3. The topological polar surface area (TPSA) is 105 Å². The molecule has 2 amide bonds. The third kappa shape index (κ3) is 6.41. The highest BCUT2D eigenvalue weighted by molar-refractivity contribution is 7.92. The quantitative estimate of drug-likeness (QED) is 0.529. The van der Waals surface area contributed by atoms with Crippen LogP contribution in [0.1, 0.15) is 26.3 Å². The maximum Gasteiger partial charge on any atom is 0.244 e. The van der Waals surface area contributed by atoms with Crippen molar-refractivity contribution in [2.24, 2.45) is 0 Å². The summed E-state index contributed by atoms with van der Waals surface area (Å²) in [5, 5.41) is 2.68. The van der Waals surface area contributed by atoms with E-state index in [4.69, 9.17) is 9.47 Å². The Hall–Kier alpha value is -3.34. The zero-order valence-electron chi connectivity index (χ0n) is 20.0. The highest BCUT2D eigenvalue weighted by atomic mass is 32.2. The summed E-state index contributed by atoms with van der Waals surface area (Å²) in [4.78, 5) is 27.4. The van der Waals surface area contributed by atoms with Gasteiger partial charge in [-0.2, -0.15) is 0 Å². The monoisotopic (exact) mass is 507 g/mol. The van der Waals surface area contributed by atoms with Crippen molar-refractivity contribution in [1.29, 1.82) is 0 Å². The minimum Gasteiger partial charge on any atom is -0.486 e. The van der Waals surface area contributed by atoms with Crippen LogP contribution in [0, 0.1) is 5.82 Å². The van der Waals surface area contributed by atoms with Gasteiger partial charge in [-0.3, -0.25) is 13.9 Å².